The Morgan fingerprint density at radius 3 is 2.94 bits per heavy atom. The van der Waals surface area contributed by atoms with E-state index in [1.165, 1.54) is 38.4 Å². The van der Waals surface area contributed by atoms with Gasteiger partial charge in [0, 0.05) is 18.8 Å². The monoisotopic (exact) mass is 243 g/mol. The minimum atomic E-state index is -1.10. The van der Waals surface area contributed by atoms with Crippen LogP contribution >= 0.6 is 0 Å². The van der Waals surface area contributed by atoms with Gasteiger partial charge >= 0.3 is 0 Å². The fourth-order valence-corrected chi connectivity index (χ4v) is 8.86. The van der Waals surface area contributed by atoms with Crippen LogP contribution in [0.5, 0.6) is 0 Å². The van der Waals surface area contributed by atoms with Crippen molar-refractivity contribution in [2.24, 2.45) is 0 Å². The summed E-state index contributed by atoms with van der Waals surface area (Å²) < 4.78 is 0. The van der Waals surface area contributed by atoms with E-state index in [0.717, 1.165) is 0 Å². The van der Waals surface area contributed by atoms with Crippen LogP contribution in [0.4, 0.5) is 5.69 Å². The summed E-state index contributed by atoms with van der Waals surface area (Å²) in [6.07, 6.45) is 4.11. The maximum absolute atomic E-state index is 2.69. The molecule has 0 N–H and O–H groups in total. The summed E-state index contributed by atoms with van der Waals surface area (Å²) >= 11 is 0. The number of aryl methyl sites for hydroxylation is 1. The van der Waals surface area contributed by atoms with Gasteiger partial charge in [0.25, 0.3) is 0 Å². The highest BCUT2D eigenvalue weighted by Crippen LogP contribution is 2.40. The molecule has 0 amide bonds. The van der Waals surface area contributed by atoms with Crippen LogP contribution in [0.25, 0.3) is 0 Å². The summed E-state index contributed by atoms with van der Waals surface area (Å²) in [5.74, 6) is 0. The van der Waals surface area contributed by atoms with Crippen LogP contribution in [-0.4, -0.2) is 21.2 Å². The molecule has 1 nitrogen and oxygen atoms in total. The number of anilines is 1. The zero-order valence-electron chi connectivity index (χ0n) is 11.0. The molecule has 0 bridgehead atoms. The second-order valence-electron chi connectivity index (χ2n) is 6.46. The Bertz CT molecular complexity index is 508. The predicted octanol–water partition coefficient (Wildman–Crippen LogP) is 2.60. The molecule has 0 radical (unpaired) electrons. The summed E-state index contributed by atoms with van der Waals surface area (Å²) in [4.78, 5) is 2.69. The number of hydrogen-bond acceptors (Lipinski definition) is 1. The average Bonchev–Trinajstić information content (AvgIpc) is 2.71. The van der Waals surface area contributed by atoms with Crippen LogP contribution < -0.4 is 10.1 Å². The van der Waals surface area contributed by atoms with Gasteiger partial charge in [-0.25, -0.2) is 0 Å². The lowest BCUT2D eigenvalue weighted by atomic mass is 9.98. The fraction of sp³-hybridized carbons (Fsp3) is 0.600. The van der Waals surface area contributed by atoms with Crippen molar-refractivity contribution >= 4 is 18.9 Å². The molecular formula is C15H21NSi. The average molecular weight is 243 g/mol. The standard InChI is InChI=1S/C15H21NSi/c1-11-10-12-5-6-16-7-9-17(2)8-3-4-13(11)15(17)14(12)16/h10H,3-9H2,1-2H3. The fourth-order valence-electron chi connectivity index (χ4n) is 4.44. The van der Waals surface area contributed by atoms with Crippen LogP contribution in [0.1, 0.15) is 23.1 Å². The first-order valence-corrected chi connectivity index (χ1v) is 10.0. The zero-order valence-corrected chi connectivity index (χ0v) is 12.0. The first-order valence-electron chi connectivity index (χ1n) is 7.10. The molecule has 3 aliphatic heterocycles. The maximum Gasteiger partial charge on any atom is 0.0885 e. The van der Waals surface area contributed by atoms with Crippen LogP contribution in [0.2, 0.25) is 18.6 Å². The Morgan fingerprint density at radius 1 is 1.18 bits per heavy atom. The van der Waals surface area contributed by atoms with Gasteiger partial charge in [-0.05, 0) is 47.7 Å². The third kappa shape index (κ3) is 1.20. The molecule has 0 aliphatic carbocycles. The Labute approximate surface area is 105 Å². The second-order valence-corrected chi connectivity index (χ2v) is 11.1. The highest BCUT2D eigenvalue weighted by atomic mass is 28.3. The number of rotatable bonds is 0. The zero-order chi connectivity index (χ0) is 11.6. The van der Waals surface area contributed by atoms with Gasteiger partial charge in [0.2, 0.25) is 0 Å². The SMILES string of the molecule is Cc1cc2c3c4c1CCC[Si]4(C)CCN3CC2. The van der Waals surface area contributed by atoms with Gasteiger partial charge in [-0.15, -0.1) is 0 Å². The topological polar surface area (TPSA) is 3.24 Å². The molecule has 2 heteroatoms. The molecule has 3 aliphatic rings. The van der Waals surface area contributed by atoms with Gasteiger partial charge in [0.05, 0.1) is 8.07 Å². The Hall–Kier alpha value is -0.763. The predicted molar refractivity (Wildman–Crippen MR) is 76.3 cm³/mol. The quantitative estimate of drug-likeness (QED) is 0.633. The minimum Gasteiger partial charge on any atom is -0.371 e. The molecule has 0 aromatic heterocycles. The molecule has 1 atom stereocenters. The van der Waals surface area contributed by atoms with Crippen molar-refractivity contribution in [1.29, 1.82) is 0 Å². The minimum absolute atomic E-state index is 1.10. The first-order chi connectivity index (χ1) is 8.19. The number of hydrogen-bond donors (Lipinski definition) is 0. The summed E-state index contributed by atoms with van der Waals surface area (Å²) in [7, 11) is -1.10. The van der Waals surface area contributed by atoms with E-state index in [4.69, 9.17) is 0 Å². The third-order valence-corrected chi connectivity index (χ3v) is 9.90. The van der Waals surface area contributed by atoms with Crippen molar-refractivity contribution in [2.75, 3.05) is 18.0 Å². The highest BCUT2D eigenvalue weighted by molar-refractivity contribution is 6.93. The summed E-state index contributed by atoms with van der Waals surface area (Å²) in [5.41, 5.74) is 6.74. The van der Waals surface area contributed by atoms with E-state index in [1.54, 1.807) is 28.4 Å². The molecule has 0 saturated heterocycles. The molecule has 1 aromatic carbocycles. The Kier molecular flexibility index (Phi) is 1.90. The molecule has 0 spiro atoms. The van der Waals surface area contributed by atoms with E-state index in [2.05, 4.69) is 24.4 Å². The van der Waals surface area contributed by atoms with Crippen molar-refractivity contribution in [3.8, 4) is 0 Å². The van der Waals surface area contributed by atoms with Crippen molar-refractivity contribution in [3.05, 3.63) is 22.8 Å². The van der Waals surface area contributed by atoms with Crippen molar-refractivity contribution in [2.45, 2.75) is 44.8 Å². The molecule has 0 fully saturated rings. The highest BCUT2D eigenvalue weighted by Gasteiger charge is 2.43. The number of nitrogens with zero attached hydrogens (tertiary/aromatic N) is 1. The van der Waals surface area contributed by atoms with E-state index in [1.807, 2.05) is 5.19 Å². The maximum atomic E-state index is 2.69. The molecule has 0 saturated carbocycles. The lowest BCUT2D eigenvalue weighted by Crippen LogP contribution is -2.56. The second kappa shape index (κ2) is 3.17. The van der Waals surface area contributed by atoms with Crippen molar-refractivity contribution in [3.63, 3.8) is 0 Å². The molecule has 17 heavy (non-hydrogen) atoms. The van der Waals surface area contributed by atoms with Crippen molar-refractivity contribution in [1.82, 2.24) is 0 Å². The molecule has 1 aromatic rings. The third-order valence-electron chi connectivity index (χ3n) is 5.37. The first kappa shape index (κ1) is 10.2. The summed E-state index contributed by atoms with van der Waals surface area (Å²) in [5, 5.41) is 1.89. The van der Waals surface area contributed by atoms with Gasteiger partial charge in [-0.2, -0.15) is 0 Å². The number of benzene rings is 1. The lowest BCUT2D eigenvalue weighted by molar-refractivity contribution is 0.820. The smallest absolute Gasteiger partial charge is 0.0885 e. The van der Waals surface area contributed by atoms with E-state index < -0.39 is 8.07 Å². The molecule has 1 unspecified atom stereocenters. The van der Waals surface area contributed by atoms with Crippen LogP contribution in [-0.2, 0) is 12.8 Å². The molecule has 3 heterocycles. The summed E-state index contributed by atoms with van der Waals surface area (Å²) in [6, 6.07) is 5.55. The van der Waals surface area contributed by atoms with Crippen LogP contribution in [0.15, 0.2) is 6.07 Å². The largest absolute Gasteiger partial charge is 0.371 e. The van der Waals surface area contributed by atoms with Crippen LogP contribution in [0, 0.1) is 6.92 Å². The molecular weight excluding hydrogens is 222 g/mol. The van der Waals surface area contributed by atoms with E-state index >= 15 is 0 Å². The molecule has 4 rings (SSSR count). The Balaban J connectivity index is 2.08. The van der Waals surface area contributed by atoms with Gasteiger partial charge < -0.3 is 4.90 Å². The lowest BCUT2D eigenvalue weighted by Gasteiger charge is -2.43. The van der Waals surface area contributed by atoms with E-state index in [9.17, 15) is 0 Å². The molecule has 90 valence electrons. The van der Waals surface area contributed by atoms with Gasteiger partial charge in [0.15, 0.2) is 0 Å². The van der Waals surface area contributed by atoms with Gasteiger partial charge in [0.1, 0.15) is 0 Å². The van der Waals surface area contributed by atoms with Gasteiger partial charge in [-0.1, -0.05) is 25.1 Å². The van der Waals surface area contributed by atoms with E-state index in [-0.39, 0.29) is 0 Å². The normalized spacial score (nSPS) is 29.4. The van der Waals surface area contributed by atoms with Crippen molar-refractivity contribution < 1.29 is 0 Å². The van der Waals surface area contributed by atoms with Crippen LogP contribution in [0.3, 0.4) is 0 Å². The van der Waals surface area contributed by atoms with Gasteiger partial charge in [-0.3, -0.25) is 0 Å². The Morgan fingerprint density at radius 2 is 2.06 bits per heavy atom. The van der Waals surface area contributed by atoms with E-state index in [0.29, 0.717) is 0 Å². The summed E-state index contributed by atoms with van der Waals surface area (Å²) in [6.45, 7) is 7.64.